The number of terminal acetylenes is 1. The van der Waals surface area contributed by atoms with E-state index in [4.69, 9.17) is 11.5 Å². The topological polar surface area (TPSA) is 66.4 Å². The van der Waals surface area contributed by atoms with Crippen LogP contribution in [0.4, 0.5) is 0 Å². The number of amides is 1. The molecule has 1 aliphatic carbocycles. The van der Waals surface area contributed by atoms with E-state index < -0.39 is 11.9 Å². The highest BCUT2D eigenvalue weighted by atomic mass is 16.4. The lowest BCUT2D eigenvalue weighted by Crippen LogP contribution is -2.45. The average Bonchev–Trinajstić information content (AvgIpc) is 2.35. The average molecular weight is 251 g/mol. The molecule has 100 valence electrons. The standard InChI is InChI=1S/C14H21NO3/c1-2-3-4-5-10-13(16)15-12-9-7-6-8-11(12)14(17)18/h1,11-12H,3-10H2,(H,15,16)(H,17,18). The molecule has 0 aliphatic heterocycles. The van der Waals surface area contributed by atoms with Crippen molar-refractivity contribution in [1.29, 1.82) is 0 Å². The van der Waals surface area contributed by atoms with Gasteiger partial charge in [-0.15, -0.1) is 12.3 Å². The molecule has 0 bridgehead atoms. The molecule has 0 aromatic heterocycles. The monoisotopic (exact) mass is 251 g/mol. The summed E-state index contributed by atoms with van der Waals surface area (Å²) in [5.41, 5.74) is 0. The molecule has 0 aromatic rings. The van der Waals surface area contributed by atoms with Crippen LogP contribution in [0.15, 0.2) is 0 Å². The number of rotatable bonds is 6. The Morgan fingerprint density at radius 3 is 2.67 bits per heavy atom. The Balaban J connectivity index is 2.32. The van der Waals surface area contributed by atoms with Gasteiger partial charge in [0.25, 0.3) is 0 Å². The van der Waals surface area contributed by atoms with Crippen LogP contribution in [-0.4, -0.2) is 23.0 Å². The molecule has 2 N–H and O–H groups in total. The molecule has 1 amide bonds. The number of carbonyl (C=O) groups excluding carboxylic acids is 1. The number of hydrogen-bond acceptors (Lipinski definition) is 2. The Hall–Kier alpha value is -1.50. The van der Waals surface area contributed by atoms with Gasteiger partial charge >= 0.3 is 5.97 Å². The van der Waals surface area contributed by atoms with Crippen molar-refractivity contribution in [1.82, 2.24) is 5.32 Å². The van der Waals surface area contributed by atoms with Crippen molar-refractivity contribution in [2.75, 3.05) is 0 Å². The van der Waals surface area contributed by atoms with Crippen LogP contribution < -0.4 is 5.32 Å². The van der Waals surface area contributed by atoms with Gasteiger partial charge in [-0.2, -0.15) is 0 Å². The third kappa shape index (κ3) is 4.79. The third-order valence-electron chi connectivity index (χ3n) is 3.40. The minimum Gasteiger partial charge on any atom is -0.481 e. The van der Waals surface area contributed by atoms with Crippen LogP contribution in [0, 0.1) is 18.3 Å². The second-order valence-corrected chi connectivity index (χ2v) is 4.81. The maximum atomic E-state index is 11.7. The van der Waals surface area contributed by atoms with Crippen LogP contribution in [0.2, 0.25) is 0 Å². The molecule has 1 rings (SSSR count). The van der Waals surface area contributed by atoms with Crippen LogP contribution in [0.25, 0.3) is 0 Å². The van der Waals surface area contributed by atoms with Crippen LogP contribution in [0.1, 0.15) is 51.4 Å². The lowest BCUT2D eigenvalue weighted by atomic mass is 9.84. The van der Waals surface area contributed by atoms with E-state index in [0.29, 0.717) is 19.3 Å². The highest BCUT2D eigenvalue weighted by molar-refractivity contribution is 5.78. The number of carboxylic acids is 1. The maximum Gasteiger partial charge on any atom is 0.308 e. The summed E-state index contributed by atoms with van der Waals surface area (Å²) in [5, 5.41) is 11.9. The molecule has 1 saturated carbocycles. The van der Waals surface area contributed by atoms with Crippen molar-refractivity contribution in [3.63, 3.8) is 0 Å². The molecule has 2 unspecified atom stereocenters. The molecule has 1 fully saturated rings. The van der Waals surface area contributed by atoms with Gasteiger partial charge in [-0.05, 0) is 25.7 Å². The zero-order valence-corrected chi connectivity index (χ0v) is 10.7. The van der Waals surface area contributed by atoms with Crippen molar-refractivity contribution in [2.45, 2.75) is 57.4 Å². The van der Waals surface area contributed by atoms with Crippen molar-refractivity contribution in [2.24, 2.45) is 5.92 Å². The second-order valence-electron chi connectivity index (χ2n) is 4.81. The zero-order chi connectivity index (χ0) is 13.4. The Bertz CT molecular complexity index is 332. The van der Waals surface area contributed by atoms with E-state index in [1.165, 1.54) is 0 Å². The molecule has 0 spiro atoms. The van der Waals surface area contributed by atoms with Crippen LogP contribution in [-0.2, 0) is 9.59 Å². The van der Waals surface area contributed by atoms with Crippen molar-refractivity contribution in [3.05, 3.63) is 0 Å². The number of hydrogen-bond donors (Lipinski definition) is 2. The molecule has 0 saturated heterocycles. The summed E-state index contributed by atoms with van der Waals surface area (Å²) in [6, 6.07) is -0.198. The molecule has 2 atom stereocenters. The SMILES string of the molecule is C#CCCCCC(=O)NC1CCCCC1C(=O)O. The summed E-state index contributed by atoms with van der Waals surface area (Å²) in [4.78, 5) is 22.8. The van der Waals surface area contributed by atoms with Crippen LogP contribution in [0.3, 0.4) is 0 Å². The molecular formula is C14H21NO3. The van der Waals surface area contributed by atoms with E-state index in [2.05, 4.69) is 11.2 Å². The van der Waals surface area contributed by atoms with E-state index in [9.17, 15) is 9.59 Å². The second kappa shape index (κ2) is 7.75. The van der Waals surface area contributed by atoms with Gasteiger partial charge in [0.2, 0.25) is 5.91 Å². The van der Waals surface area contributed by atoms with E-state index >= 15 is 0 Å². The molecular weight excluding hydrogens is 230 g/mol. The molecule has 0 radical (unpaired) electrons. The molecule has 18 heavy (non-hydrogen) atoms. The van der Waals surface area contributed by atoms with Gasteiger partial charge in [0, 0.05) is 18.9 Å². The number of carbonyl (C=O) groups is 2. The van der Waals surface area contributed by atoms with Gasteiger partial charge in [0.05, 0.1) is 5.92 Å². The largest absolute Gasteiger partial charge is 0.481 e. The third-order valence-corrected chi connectivity index (χ3v) is 3.40. The van der Waals surface area contributed by atoms with Crippen molar-refractivity contribution < 1.29 is 14.7 Å². The van der Waals surface area contributed by atoms with Crippen LogP contribution in [0.5, 0.6) is 0 Å². The predicted octanol–water partition coefficient (Wildman–Crippen LogP) is 1.94. The summed E-state index contributed by atoms with van der Waals surface area (Å²) in [5.74, 6) is 1.26. The lowest BCUT2D eigenvalue weighted by Gasteiger charge is -2.29. The van der Waals surface area contributed by atoms with Crippen LogP contribution >= 0.6 is 0 Å². The van der Waals surface area contributed by atoms with Crippen molar-refractivity contribution >= 4 is 11.9 Å². The molecule has 1 aliphatic rings. The van der Waals surface area contributed by atoms with E-state index in [0.717, 1.165) is 32.1 Å². The first-order valence-electron chi connectivity index (χ1n) is 6.60. The fourth-order valence-electron chi connectivity index (χ4n) is 2.39. The van der Waals surface area contributed by atoms with Gasteiger partial charge in [0.15, 0.2) is 0 Å². The summed E-state index contributed by atoms with van der Waals surface area (Å²) in [6.45, 7) is 0. The summed E-state index contributed by atoms with van der Waals surface area (Å²) in [6.07, 6.45) is 11.2. The van der Waals surface area contributed by atoms with Gasteiger partial charge in [0.1, 0.15) is 0 Å². The van der Waals surface area contributed by atoms with Crippen molar-refractivity contribution in [3.8, 4) is 12.3 Å². The Morgan fingerprint density at radius 1 is 1.28 bits per heavy atom. The minimum atomic E-state index is -0.799. The molecule has 4 nitrogen and oxygen atoms in total. The van der Waals surface area contributed by atoms with Gasteiger partial charge < -0.3 is 10.4 Å². The Labute approximate surface area is 108 Å². The maximum absolute atomic E-state index is 11.7. The van der Waals surface area contributed by atoms with Gasteiger partial charge in [-0.3, -0.25) is 9.59 Å². The quantitative estimate of drug-likeness (QED) is 0.560. The molecule has 0 heterocycles. The van der Waals surface area contributed by atoms with Gasteiger partial charge in [-0.1, -0.05) is 12.8 Å². The summed E-state index contributed by atoms with van der Waals surface area (Å²) < 4.78 is 0. The number of carboxylic acid groups (broad SMARTS) is 1. The zero-order valence-electron chi connectivity index (χ0n) is 10.7. The number of aliphatic carboxylic acids is 1. The molecule has 0 aromatic carbocycles. The normalized spacial score (nSPS) is 23.1. The highest BCUT2D eigenvalue weighted by Crippen LogP contribution is 2.24. The first kappa shape index (κ1) is 14.6. The highest BCUT2D eigenvalue weighted by Gasteiger charge is 2.31. The van der Waals surface area contributed by atoms with E-state index in [1.807, 2.05) is 0 Å². The molecule has 4 heteroatoms. The summed E-state index contributed by atoms with van der Waals surface area (Å²) >= 11 is 0. The fraction of sp³-hybridized carbons (Fsp3) is 0.714. The minimum absolute atomic E-state index is 0.0508. The first-order valence-corrected chi connectivity index (χ1v) is 6.60. The van der Waals surface area contributed by atoms with Gasteiger partial charge in [-0.25, -0.2) is 0 Å². The fourth-order valence-corrected chi connectivity index (χ4v) is 2.39. The van der Waals surface area contributed by atoms with E-state index in [-0.39, 0.29) is 11.9 Å². The first-order chi connectivity index (χ1) is 8.65. The predicted molar refractivity (Wildman–Crippen MR) is 68.8 cm³/mol. The number of unbranched alkanes of at least 4 members (excludes halogenated alkanes) is 2. The summed E-state index contributed by atoms with van der Waals surface area (Å²) in [7, 11) is 0. The Kier molecular flexibility index (Phi) is 6.27. The smallest absolute Gasteiger partial charge is 0.308 e. The van der Waals surface area contributed by atoms with E-state index in [1.54, 1.807) is 0 Å². The lowest BCUT2D eigenvalue weighted by molar-refractivity contribution is -0.144. The Morgan fingerprint density at radius 2 is 2.00 bits per heavy atom. The number of nitrogens with one attached hydrogen (secondary N) is 1.